The summed E-state index contributed by atoms with van der Waals surface area (Å²) in [5, 5.41) is 35.0. The lowest BCUT2D eigenvalue weighted by atomic mass is 10.0. The van der Waals surface area contributed by atoms with Gasteiger partial charge in [0, 0.05) is 24.1 Å². The van der Waals surface area contributed by atoms with Crippen molar-refractivity contribution in [3.63, 3.8) is 0 Å². The Hall–Kier alpha value is -5.47. The third-order valence-corrected chi connectivity index (χ3v) is 6.04. The van der Waals surface area contributed by atoms with Gasteiger partial charge < -0.3 is 31.4 Å². The second-order valence-corrected chi connectivity index (χ2v) is 9.20. The molecule has 0 spiro atoms. The molecule has 7 N–H and O–H groups in total. The normalized spacial score (nSPS) is 14.8. The van der Waals surface area contributed by atoms with E-state index in [1.54, 1.807) is 42.5 Å². The maximum Gasteiger partial charge on any atom is 0.490 e. The molecular weight excluding hydrogens is 575 g/mol. The summed E-state index contributed by atoms with van der Waals surface area (Å²) in [5.74, 6) is -5.02. The van der Waals surface area contributed by atoms with Crippen molar-refractivity contribution >= 4 is 46.1 Å². The van der Waals surface area contributed by atoms with Crippen molar-refractivity contribution in [2.24, 2.45) is 10.9 Å². The van der Waals surface area contributed by atoms with Gasteiger partial charge in [-0.25, -0.2) is 9.59 Å². The predicted molar refractivity (Wildman–Crippen MR) is 148 cm³/mol. The zero-order chi connectivity index (χ0) is 31.7. The smallest absolute Gasteiger partial charge is 0.480 e. The van der Waals surface area contributed by atoms with Gasteiger partial charge in [-0.3, -0.25) is 15.0 Å². The van der Waals surface area contributed by atoms with E-state index in [0.717, 1.165) is 16.3 Å². The molecule has 0 saturated carbocycles. The summed E-state index contributed by atoms with van der Waals surface area (Å²) in [7, 11) is 0. The number of rotatable bonds is 9. The number of hydrogen-bond donors (Lipinski definition) is 6. The highest BCUT2D eigenvalue weighted by Crippen LogP contribution is 2.20. The summed E-state index contributed by atoms with van der Waals surface area (Å²) in [6.45, 7) is -0.277. The standard InChI is InChI=1S/C26H25N5O5.C2HF3O2/c27-24(28)17-8-6-16(7-9-17)21-12-20(36-31-21)13-23(32)29-14-22(26(34)35)30-25(33)19-10-5-15-3-1-2-4-18(15)11-19;3-2(4,5)1(6)7/h1-11,20,22H,12-14H2,(H3,27,28)(H,29,32)(H,30,33)(H,34,35);(H,6,7)/t20?,22-;/m0./s1. The number of amides is 2. The molecule has 43 heavy (non-hydrogen) atoms. The van der Waals surface area contributed by atoms with Crippen molar-refractivity contribution in [1.82, 2.24) is 10.6 Å². The van der Waals surface area contributed by atoms with Crippen LogP contribution in [0.2, 0.25) is 0 Å². The lowest BCUT2D eigenvalue weighted by molar-refractivity contribution is -0.192. The molecule has 0 aliphatic carbocycles. The molecule has 0 radical (unpaired) electrons. The van der Waals surface area contributed by atoms with Gasteiger partial charge in [0.05, 0.1) is 12.1 Å². The number of hydrogen-bond acceptors (Lipinski definition) is 7. The Morgan fingerprint density at radius 2 is 1.60 bits per heavy atom. The first-order chi connectivity index (χ1) is 20.2. The Labute approximate surface area is 241 Å². The number of nitrogen functional groups attached to an aromatic ring is 1. The highest BCUT2D eigenvalue weighted by atomic mass is 19.4. The highest BCUT2D eigenvalue weighted by Gasteiger charge is 2.38. The van der Waals surface area contributed by atoms with Gasteiger partial charge in [0.15, 0.2) is 0 Å². The Kier molecular flexibility index (Phi) is 10.4. The van der Waals surface area contributed by atoms with Crippen LogP contribution >= 0.6 is 0 Å². The molecule has 0 bridgehead atoms. The number of aliphatic carboxylic acids is 2. The van der Waals surface area contributed by atoms with Gasteiger partial charge in [-0.2, -0.15) is 13.2 Å². The summed E-state index contributed by atoms with van der Waals surface area (Å²) in [6, 6.07) is 18.3. The van der Waals surface area contributed by atoms with Crippen LogP contribution < -0.4 is 16.4 Å². The molecule has 3 aromatic carbocycles. The first-order valence-corrected chi connectivity index (χ1v) is 12.5. The van der Waals surface area contributed by atoms with Crippen LogP contribution in [0.15, 0.2) is 71.9 Å². The van der Waals surface area contributed by atoms with Crippen molar-refractivity contribution in [3.05, 3.63) is 83.4 Å². The minimum Gasteiger partial charge on any atom is -0.480 e. The van der Waals surface area contributed by atoms with Crippen LogP contribution in [0.4, 0.5) is 13.2 Å². The van der Waals surface area contributed by atoms with Crippen molar-refractivity contribution in [2.75, 3.05) is 6.54 Å². The number of nitrogens with zero attached hydrogens (tertiary/aromatic N) is 1. The van der Waals surface area contributed by atoms with E-state index >= 15 is 0 Å². The topological polar surface area (TPSA) is 204 Å². The Morgan fingerprint density at radius 1 is 1.00 bits per heavy atom. The molecule has 1 aliphatic rings. The Bertz CT molecular complexity index is 1560. The predicted octanol–water partition coefficient (Wildman–Crippen LogP) is 2.64. The molecule has 4 rings (SSSR count). The molecule has 0 aromatic heterocycles. The van der Waals surface area contributed by atoms with Crippen LogP contribution in [-0.2, 0) is 19.2 Å². The second-order valence-electron chi connectivity index (χ2n) is 9.20. The molecule has 0 saturated heterocycles. The van der Waals surface area contributed by atoms with E-state index in [-0.39, 0.29) is 18.8 Å². The molecule has 1 unspecified atom stereocenters. The molecule has 226 valence electrons. The molecule has 1 heterocycles. The van der Waals surface area contributed by atoms with Crippen LogP contribution in [0.3, 0.4) is 0 Å². The maximum absolute atomic E-state index is 12.6. The second kappa shape index (κ2) is 13.9. The molecule has 1 aliphatic heterocycles. The minimum atomic E-state index is -5.08. The number of carbonyl (C=O) groups is 4. The Morgan fingerprint density at radius 3 is 2.19 bits per heavy atom. The first kappa shape index (κ1) is 32.0. The van der Waals surface area contributed by atoms with E-state index in [0.29, 0.717) is 23.3 Å². The maximum atomic E-state index is 12.6. The van der Waals surface area contributed by atoms with E-state index in [2.05, 4.69) is 15.8 Å². The van der Waals surface area contributed by atoms with Gasteiger partial charge >= 0.3 is 18.1 Å². The quantitative estimate of drug-likeness (QED) is 0.158. The molecular formula is C28H26F3N5O7. The van der Waals surface area contributed by atoms with E-state index < -0.39 is 42.1 Å². The Balaban J connectivity index is 0.000000646. The van der Waals surface area contributed by atoms with E-state index in [4.69, 9.17) is 25.9 Å². The first-order valence-electron chi connectivity index (χ1n) is 12.5. The number of fused-ring (bicyclic) bond motifs is 1. The number of nitrogens with two attached hydrogens (primary N) is 1. The van der Waals surface area contributed by atoms with E-state index in [1.807, 2.05) is 24.3 Å². The summed E-state index contributed by atoms with van der Waals surface area (Å²) in [4.78, 5) is 50.9. The van der Waals surface area contributed by atoms with Crippen LogP contribution in [0.1, 0.15) is 34.3 Å². The van der Waals surface area contributed by atoms with Gasteiger partial charge in [-0.05, 0) is 28.5 Å². The summed E-state index contributed by atoms with van der Waals surface area (Å²) in [5.41, 5.74) is 7.84. The van der Waals surface area contributed by atoms with Crippen molar-refractivity contribution in [1.29, 1.82) is 5.41 Å². The van der Waals surface area contributed by atoms with Crippen LogP contribution in [0.25, 0.3) is 10.8 Å². The fourth-order valence-electron chi connectivity index (χ4n) is 3.82. The fraction of sp³-hybridized carbons (Fsp3) is 0.214. The minimum absolute atomic E-state index is 0.0243. The average molecular weight is 602 g/mol. The van der Waals surface area contributed by atoms with Crippen molar-refractivity contribution in [3.8, 4) is 0 Å². The summed E-state index contributed by atoms with van der Waals surface area (Å²) >= 11 is 0. The number of carboxylic acids is 2. The van der Waals surface area contributed by atoms with Gasteiger partial charge in [0.1, 0.15) is 18.0 Å². The number of amidine groups is 1. The molecule has 15 heteroatoms. The number of halogens is 3. The number of carbonyl (C=O) groups excluding carboxylic acids is 2. The highest BCUT2D eigenvalue weighted by molar-refractivity contribution is 6.03. The van der Waals surface area contributed by atoms with E-state index in [9.17, 15) is 32.7 Å². The van der Waals surface area contributed by atoms with Crippen molar-refractivity contribution in [2.45, 2.75) is 31.2 Å². The number of nitrogens with one attached hydrogen (secondary N) is 3. The monoisotopic (exact) mass is 601 g/mol. The molecule has 0 fully saturated rings. The van der Waals surface area contributed by atoms with E-state index in [1.165, 1.54) is 0 Å². The molecule has 12 nitrogen and oxygen atoms in total. The number of oxime groups is 1. The third kappa shape index (κ3) is 9.27. The number of benzene rings is 3. The SMILES string of the molecule is N=C(N)c1ccc(C2=NOC(CC(=O)NC[C@H](NC(=O)c3ccc4ccccc4c3)C(=O)O)C2)cc1.O=C(O)C(F)(F)F. The average Bonchev–Trinajstić information content (AvgIpc) is 3.42. The summed E-state index contributed by atoms with van der Waals surface area (Å²) in [6.07, 6.45) is -5.21. The van der Waals surface area contributed by atoms with Gasteiger partial charge in [0.25, 0.3) is 5.91 Å². The van der Waals surface area contributed by atoms with Crippen molar-refractivity contribution < 1.29 is 47.4 Å². The molecule has 3 aromatic rings. The van der Waals surface area contributed by atoms with Crippen LogP contribution in [-0.4, -0.2) is 70.4 Å². The summed E-state index contributed by atoms with van der Waals surface area (Å²) < 4.78 is 31.7. The lowest BCUT2D eigenvalue weighted by Crippen LogP contribution is -2.48. The van der Waals surface area contributed by atoms with Crippen LogP contribution in [0, 0.1) is 5.41 Å². The molecule has 2 amide bonds. The lowest BCUT2D eigenvalue weighted by Gasteiger charge is -2.16. The zero-order valence-electron chi connectivity index (χ0n) is 22.2. The van der Waals surface area contributed by atoms with Gasteiger partial charge in [-0.1, -0.05) is 59.8 Å². The zero-order valence-corrected chi connectivity index (χ0v) is 22.2. The number of alkyl halides is 3. The van der Waals surface area contributed by atoms with Gasteiger partial charge in [-0.15, -0.1) is 0 Å². The number of carboxylic acid groups (broad SMARTS) is 2. The third-order valence-electron chi connectivity index (χ3n) is 6.04. The van der Waals surface area contributed by atoms with Gasteiger partial charge in [0.2, 0.25) is 5.91 Å². The largest absolute Gasteiger partial charge is 0.490 e. The van der Waals surface area contributed by atoms with Crippen LogP contribution in [0.5, 0.6) is 0 Å². The fourth-order valence-corrected chi connectivity index (χ4v) is 3.82. The molecule has 2 atom stereocenters.